The Kier molecular flexibility index (Phi) is 8.43. The summed E-state index contributed by atoms with van der Waals surface area (Å²) in [7, 11) is 0. The monoisotopic (exact) mass is 432 g/mol. The lowest BCUT2D eigenvalue weighted by atomic mass is 9.48. The van der Waals surface area contributed by atoms with E-state index in [1.807, 2.05) is 0 Å². The van der Waals surface area contributed by atoms with Crippen LogP contribution in [0, 0.1) is 34.5 Å². The van der Waals surface area contributed by atoms with Crippen LogP contribution in [0.5, 0.6) is 0 Å². The van der Waals surface area contributed by atoms with E-state index in [-0.39, 0.29) is 0 Å². The first-order valence-corrected chi connectivity index (χ1v) is 14.3. The Morgan fingerprint density at radius 3 is 2.00 bits per heavy atom. The summed E-state index contributed by atoms with van der Waals surface area (Å²) in [6, 6.07) is 9.14. The Morgan fingerprint density at radius 2 is 1.38 bits per heavy atom. The highest BCUT2D eigenvalue weighted by Gasteiger charge is 2.51. The number of hydrogen-bond acceptors (Lipinski definition) is 0. The average molecular weight is 433 g/mol. The van der Waals surface area contributed by atoms with Gasteiger partial charge in [-0.1, -0.05) is 89.2 Å². The molecule has 176 valence electrons. The molecular formula is C32H48. The molecule has 0 nitrogen and oxygen atoms in total. The van der Waals surface area contributed by atoms with Gasteiger partial charge in [-0.3, -0.25) is 0 Å². The number of aryl methyl sites for hydroxylation is 1. The second-order valence-corrected chi connectivity index (χ2v) is 11.8. The van der Waals surface area contributed by atoms with Gasteiger partial charge < -0.3 is 0 Å². The van der Waals surface area contributed by atoms with Gasteiger partial charge in [-0.25, -0.2) is 0 Å². The molecule has 4 saturated carbocycles. The van der Waals surface area contributed by atoms with Crippen LogP contribution >= 0.6 is 0 Å². The summed E-state index contributed by atoms with van der Waals surface area (Å²) in [6.45, 7) is 4.61. The summed E-state index contributed by atoms with van der Waals surface area (Å²) in [5, 5.41) is 0. The first-order chi connectivity index (χ1) is 15.7. The highest BCUT2D eigenvalue weighted by molar-refractivity contribution is 5.38. The third-order valence-corrected chi connectivity index (χ3v) is 9.73. The zero-order chi connectivity index (χ0) is 22.3. The summed E-state index contributed by atoms with van der Waals surface area (Å²) >= 11 is 0. The molecule has 0 unspecified atom stereocenters. The van der Waals surface area contributed by atoms with E-state index in [1.165, 1.54) is 127 Å². The smallest absolute Gasteiger partial charge is 0.0319 e. The summed E-state index contributed by atoms with van der Waals surface area (Å²) in [6.07, 6.45) is 25.5. The number of hydrogen-bond donors (Lipinski definition) is 0. The van der Waals surface area contributed by atoms with Crippen LogP contribution < -0.4 is 0 Å². The first-order valence-electron chi connectivity index (χ1n) is 14.3. The van der Waals surface area contributed by atoms with Crippen LogP contribution in [0.4, 0.5) is 0 Å². The van der Waals surface area contributed by atoms with Crippen LogP contribution in [0.1, 0.15) is 134 Å². The van der Waals surface area contributed by atoms with Crippen molar-refractivity contribution < 1.29 is 0 Å². The van der Waals surface area contributed by atoms with Crippen molar-refractivity contribution in [2.24, 2.45) is 22.7 Å². The SMILES string of the molecule is CCCCCc1ccc(C#CC23CCC([C@H]4CC[C@H](CCCCC)CC4)(CC2)CC3)cc1. The number of rotatable bonds is 9. The maximum atomic E-state index is 3.82. The van der Waals surface area contributed by atoms with Gasteiger partial charge in [0.25, 0.3) is 0 Å². The fourth-order valence-corrected chi connectivity index (χ4v) is 7.30. The third-order valence-electron chi connectivity index (χ3n) is 9.73. The Bertz CT molecular complexity index is 725. The van der Waals surface area contributed by atoms with Gasteiger partial charge >= 0.3 is 0 Å². The molecule has 32 heavy (non-hydrogen) atoms. The molecule has 0 radical (unpaired) electrons. The van der Waals surface area contributed by atoms with Gasteiger partial charge in [-0.05, 0) is 99.2 Å². The Balaban J connectivity index is 1.27. The number of fused-ring (bicyclic) bond motifs is 3. The summed E-state index contributed by atoms with van der Waals surface area (Å²) in [4.78, 5) is 0. The lowest BCUT2D eigenvalue weighted by Crippen LogP contribution is -2.45. The van der Waals surface area contributed by atoms with E-state index in [9.17, 15) is 0 Å². The van der Waals surface area contributed by atoms with Crippen LogP contribution in [-0.4, -0.2) is 0 Å². The molecule has 4 aliphatic carbocycles. The van der Waals surface area contributed by atoms with Crippen LogP contribution in [0.15, 0.2) is 24.3 Å². The molecule has 0 aliphatic heterocycles. The van der Waals surface area contributed by atoms with Crippen molar-refractivity contribution in [1.29, 1.82) is 0 Å². The van der Waals surface area contributed by atoms with Crippen molar-refractivity contribution in [2.75, 3.05) is 0 Å². The molecule has 0 atom stereocenters. The van der Waals surface area contributed by atoms with Crippen LogP contribution in [0.25, 0.3) is 0 Å². The van der Waals surface area contributed by atoms with E-state index in [0.29, 0.717) is 10.8 Å². The molecule has 0 amide bonds. The maximum absolute atomic E-state index is 3.82. The molecule has 4 fully saturated rings. The van der Waals surface area contributed by atoms with Crippen LogP contribution in [0.2, 0.25) is 0 Å². The molecule has 0 N–H and O–H groups in total. The van der Waals surface area contributed by atoms with Gasteiger partial charge in [0.2, 0.25) is 0 Å². The van der Waals surface area contributed by atoms with Crippen molar-refractivity contribution >= 4 is 0 Å². The standard InChI is InChI=1S/C32H48/c1-3-5-7-9-27-11-13-29(14-12-27)19-20-31-21-24-32(25-22-31,26-23-31)30-17-15-28(16-18-30)10-8-6-4-2/h11-14,28,30H,3-10,15-18,21-26H2,1-2H3/t28-,30-,31?,32?. The van der Waals surface area contributed by atoms with E-state index in [0.717, 1.165) is 11.8 Å². The third kappa shape index (κ3) is 5.82. The maximum Gasteiger partial charge on any atom is 0.0319 e. The zero-order valence-electron chi connectivity index (χ0n) is 21.2. The molecule has 0 spiro atoms. The number of benzene rings is 1. The van der Waals surface area contributed by atoms with Crippen molar-refractivity contribution in [1.82, 2.24) is 0 Å². The highest BCUT2D eigenvalue weighted by Crippen LogP contribution is 2.62. The Labute approximate surface area is 199 Å². The van der Waals surface area contributed by atoms with Gasteiger partial charge in [0, 0.05) is 11.0 Å². The highest BCUT2D eigenvalue weighted by atomic mass is 14.6. The fraction of sp³-hybridized carbons (Fsp3) is 0.750. The minimum atomic E-state index is 0.332. The van der Waals surface area contributed by atoms with E-state index >= 15 is 0 Å². The van der Waals surface area contributed by atoms with E-state index < -0.39 is 0 Å². The van der Waals surface area contributed by atoms with Gasteiger partial charge in [0.15, 0.2) is 0 Å². The van der Waals surface area contributed by atoms with Crippen molar-refractivity contribution in [3.05, 3.63) is 35.4 Å². The van der Waals surface area contributed by atoms with Crippen molar-refractivity contribution in [2.45, 2.75) is 129 Å². The lowest BCUT2D eigenvalue weighted by Gasteiger charge is -2.56. The molecule has 4 aliphatic rings. The van der Waals surface area contributed by atoms with Gasteiger partial charge in [0.1, 0.15) is 0 Å². The fourth-order valence-electron chi connectivity index (χ4n) is 7.30. The first kappa shape index (κ1) is 23.9. The Morgan fingerprint density at radius 1 is 0.750 bits per heavy atom. The summed E-state index contributed by atoms with van der Waals surface area (Å²) in [5.41, 5.74) is 3.72. The second-order valence-electron chi connectivity index (χ2n) is 11.8. The quantitative estimate of drug-likeness (QED) is 0.269. The molecule has 1 aromatic rings. The normalized spacial score (nSPS) is 31.8. The van der Waals surface area contributed by atoms with E-state index in [4.69, 9.17) is 0 Å². The molecule has 0 heterocycles. The average Bonchev–Trinajstić information content (AvgIpc) is 2.85. The topological polar surface area (TPSA) is 0 Å². The van der Waals surface area contributed by atoms with Crippen LogP contribution in [-0.2, 0) is 6.42 Å². The summed E-state index contributed by atoms with van der Waals surface area (Å²) < 4.78 is 0. The molecule has 0 aromatic heterocycles. The molecular weight excluding hydrogens is 384 g/mol. The van der Waals surface area contributed by atoms with E-state index in [2.05, 4.69) is 50.0 Å². The predicted octanol–water partition coefficient (Wildman–Crippen LogP) is 9.50. The van der Waals surface area contributed by atoms with Crippen molar-refractivity contribution in [3.63, 3.8) is 0 Å². The van der Waals surface area contributed by atoms with Gasteiger partial charge in [-0.15, -0.1) is 0 Å². The van der Waals surface area contributed by atoms with Crippen molar-refractivity contribution in [3.8, 4) is 11.8 Å². The molecule has 0 heteroatoms. The molecule has 5 rings (SSSR count). The van der Waals surface area contributed by atoms with Gasteiger partial charge in [0.05, 0.1) is 0 Å². The summed E-state index contributed by atoms with van der Waals surface area (Å²) in [5.74, 6) is 9.48. The molecule has 1 aromatic carbocycles. The minimum absolute atomic E-state index is 0.332. The zero-order valence-corrected chi connectivity index (χ0v) is 21.2. The van der Waals surface area contributed by atoms with Gasteiger partial charge in [-0.2, -0.15) is 0 Å². The molecule has 0 saturated heterocycles. The molecule has 2 bridgehead atoms. The predicted molar refractivity (Wildman–Crippen MR) is 139 cm³/mol. The largest absolute Gasteiger partial charge is 0.0911 e. The van der Waals surface area contributed by atoms with Crippen LogP contribution in [0.3, 0.4) is 0 Å². The van der Waals surface area contributed by atoms with E-state index in [1.54, 1.807) is 0 Å². The lowest BCUT2D eigenvalue weighted by molar-refractivity contribution is -0.0379. The second kappa shape index (κ2) is 11.3. The number of unbranched alkanes of at least 4 members (excludes halogenated alkanes) is 4. The minimum Gasteiger partial charge on any atom is -0.0911 e. The Hall–Kier alpha value is -1.22.